The van der Waals surface area contributed by atoms with Crippen molar-refractivity contribution < 1.29 is 44.8 Å². The molecule has 1 aromatic carbocycles. The van der Waals surface area contributed by atoms with Gasteiger partial charge in [-0.05, 0) is 113 Å². The summed E-state index contributed by atoms with van der Waals surface area (Å²) in [6.07, 6.45) is 14.5. The molecule has 5 aliphatic heterocycles. The summed E-state index contributed by atoms with van der Waals surface area (Å²) in [6.45, 7) is 3.60. The molecule has 0 bridgehead atoms. The van der Waals surface area contributed by atoms with Gasteiger partial charge in [0.1, 0.15) is 23.3 Å². The molecule has 0 saturated heterocycles. The van der Waals surface area contributed by atoms with Crippen LogP contribution in [0.25, 0.3) is 5.57 Å². The van der Waals surface area contributed by atoms with E-state index in [9.17, 15) is 33.6 Å². The number of hydrogen-bond acceptors (Lipinski definition) is 15. The Morgan fingerprint density at radius 2 is 1.05 bits per heavy atom. The Hall–Kier alpha value is -6.62. The van der Waals surface area contributed by atoms with E-state index >= 15 is 0 Å². The third-order valence-corrected chi connectivity index (χ3v) is 14.6. The highest BCUT2D eigenvalue weighted by molar-refractivity contribution is 9.10. The van der Waals surface area contributed by atoms with Crippen LogP contribution in [0, 0.1) is 0 Å². The van der Waals surface area contributed by atoms with Gasteiger partial charge in [0, 0.05) is 84.1 Å². The Balaban J connectivity index is 0.000000167. The number of thioether (sulfide) groups is 3. The van der Waals surface area contributed by atoms with Crippen LogP contribution in [0.4, 0.5) is 23.3 Å². The summed E-state index contributed by atoms with van der Waals surface area (Å²) in [5, 5.41) is 19.4. The standard InChI is InChI=1S/C21H21N3O2S.C12H14N2O3S.C10H10N2O3S.C8H7BrN2O.H2/c25-19-7-6-17-12-18(13-22-21(17)23-19)27-14-20(26)24-10-8-16(9-11-24)15-4-2-1-3-5-15;1-2-17-11(16)7-18-9-5-8-3-4-10(15)14-12(8)13-6-9;13-8-2-1-6-3-7(16-5-9(14)15)4-11-10(6)12-8;9-6-3-5-1-2-7(12)11-8(5)10-4-6;/h1-5,8,12-13H,6-7,9-11,14H2,(H,22,23,25);5-6H,2-4,7H2,1H3,(H,13,14,15);3-4H,1-2,5H2,(H,14,15)(H,11,12,13);3-4H,1-2H2,(H,10,11,12);1H. The van der Waals surface area contributed by atoms with Crippen molar-refractivity contribution in [3.63, 3.8) is 0 Å². The molecule has 0 radical (unpaired) electrons. The first-order chi connectivity index (χ1) is 35.3. The quantitative estimate of drug-likeness (QED) is 0.0619. The van der Waals surface area contributed by atoms with Gasteiger partial charge in [-0.1, -0.05) is 36.4 Å². The minimum atomic E-state index is -0.851. The van der Waals surface area contributed by atoms with Crippen molar-refractivity contribution >= 4 is 122 Å². The predicted molar refractivity (Wildman–Crippen MR) is 287 cm³/mol. The van der Waals surface area contributed by atoms with Gasteiger partial charge < -0.3 is 36.0 Å². The summed E-state index contributed by atoms with van der Waals surface area (Å²) >= 11 is 7.46. The third kappa shape index (κ3) is 16.7. The monoisotopic (exact) mass is 1110 g/mol. The normalized spacial score (nSPS) is 15.0. The zero-order valence-electron chi connectivity index (χ0n) is 39.7. The van der Waals surface area contributed by atoms with Crippen molar-refractivity contribution in [2.24, 2.45) is 0 Å². The topological polar surface area (TPSA) is 252 Å². The number of benzene rings is 1. The first-order valence-corrected chi connectivity index (χ1v) is 27.1. The number of aryl methyl sites for hydroxylation is 4. The molecular weight excluding hydrogens is 1060 g/mol. The highest BCUT2D eigenvalue weighted by Gasteiger charge is 2.22. The number of carboxylic acid groups (broad SMARTS) is 1. The number of aromatic nitrogens is 4. The van der Waals surface area contributed by atoms with Crippen LogP contribution in [0.1, 0.15) is 68.3 Å². The van der Waals surface area contributed by atoms with Crippen molar-refractivity contribution in [3.8, 4) is 0 Å². The van der Waals surface area contributed by atoms with E-state index < -0.39 is 5.97 Å². The summed E-state index contributed by atoms with van der Waals surface area (Å²) in [4.78, 5) is 100. The van der Waals surface area contributed by atoms with Crippen molar-refractivity contribution in [1.82, 2.24) is 24.8 Å². The Bertz CT molecular complexity index is 2920. The number of carboxylic acids is 1. The molecule has 73 heavy (non-hydrogen) atoms. The molecule has 0 atom stereocenters. The molecule has 5 aromatic rings. The molecule has 5 amide bonds. The Morgan fingerprint density at radius 1 is 0.616 bits per heavy atom. The number of amides is 5. The van der Waals surface area contributed by atoms with Gasteiger partial charge in [0.05, 0.1) is 23.9 Å². The third-order valence-electron chi connectivity index (χ3n) is 11.4. The van der Waals surface area contributed by atoms with Gasteiger partial charge in [-0.2, -0.15) is 0 Å². The molecule has 22 heteroatoms. The Morgan fingerprint density at radius 3 is 1.49 bits per heavy atom. The van der Waals surface area contributed by atoms with Crippen molar-refractivity contribution in [3.05, 3.63) is 118 Å². The van der Waals surface area contributed by atoms with Gasteiger partial charge in [0.2, 0.25) is 29.5 Å². The number of esters is 1. The van der Waals surface area contributed by atoms with E-state index in [-0.39, 0.29) is 48.4 Å². The number of aliphatic carboxylic acids is 1. The summed E-state index contributed by atoms with van der Waals surface area (Å²) < 4.78 is 5.81. The molecule has 382 valence electrons. The van der Waals surface area contributed by atoms with Crippen LogP contribution < -0.4 is 21.3 Å². The van der Waals surface area contributed by atoms with Crippen LogP contribution in [0.2, 0.25) is 0 Å². The number of nitrogens with one attached hydrogen (secondary N) is 4. The fraction of sp³-hybridized carbons (Fsp3) is 0.314. The number of nitrogens with zero attached hydrogens (tertiary/aromatic N) is 5. The zero-order valence-corrected chi connectivity index (χ0v) is 43.8. The average molecular weight is 1110 g/mol. The lowest BCUT2D eigenvalue weighted by atomic mass is 10.00. The van der Waals surface area contributed by atoms with Gasteiger partial charge in [0.25, 0.3) is 0 Å². The second-order valence-corrected chi connectivity index (χ2v) is 20.7. The number of halogens is 1. The maximum absolute atomic E-state index is 12.5. The Kier molecular flexibility index (Phi) is 20.0. The number of hydrogen-bond donors (Lipinski definition) is 5. The summed E-state index contributed by atoms with van der Waals surface area (Å²) in [7, 11) is 0. The summed E-state index contributed by atoms with van der Waals surface area (Å²) in [6, 6.07) is 18.2. The number of carbonyl (C=O) groups excluding carboxylic acids is 6. The molecule has 10 rings (SSSR count). The fourth-order valence-electron chi connectivity index (χ4n) is 7.70. The highest BCUT2D eigenvalue weighted by atomic mass is 79.9. The zero-order chi connectivity index (χ0) is 51.7. The summed E-state index contributed by atoms with van der Waals surface area (Å²) in [5.41, 5.74) is 6.68. The maximum Gasteiger partial charge on any atom is 0.316 e. The van der Waals surface area contributed by atoms with Gasteiger partial charge in [-0.25, -0.2) is 19.9 Å². The number of fused-ring (bicyclic) bond motifs is 4. The van der Waals surface area contributed by atoms with E-state index in [0.717, 1.165) is 60.8 Å². The van der Waals surface area contributed by atoms with Crippen LogP contribution in [0.15, 0.2) is 105 Å². The first-order valence-electron chi connectivity index (χ1n) is 23.4. The molecule has 18 nitrogen and oxygen atoms in total. The smallest absolute Gasteiger partial charge is 0.316 e. The molecule has 4 aromatic heterocycles. The minimum absolute atomic E-state index is 0. The lowest BCUT2D eigenvalue weighted by Gasteiger charge is -2.26. The molecule has 0 unspecified atom stereocenters. The molecule has 0 fully saturated rings. The lowest BCUT2D eigenvalue weighted by molar-refractivity contribution is -0.140. The van der Waals surface area contributed by atoms with E-state index in [1.54, 1.807) is 31.7 Å². The van der Waals surface area contributed by atoms with E-state index in [1.807, 2.05) is 47.4 Å². The predicted octanol–water partition coefficient (Wildman–Crippen LogP) is 8.11. The molecule has 5 N–H and O–H groups in total. The van der Waals surface area contributed by atoms with Gasteiger partial charge in [-0.3, -0.25) is 33.6 Å². The van der Waals surface area contributed by atoms with E-state index in [0.29, 0.717) is 87.1 Å². The lowest BCUT2D eigenvalue weighted by Crippen LogP contribution is -2.35. The van der Waals surface area contributed by atoms with Gasteiger partial charge in [-0.15, -0.1) is 35.3 Å². The van der Waals surface area contributed by atoms with Crippen LogP contribution in [-0.4, -0.2) is 108 Å². The molecule has 9 heterocycles. The van der Waals surface area contributed by atoms with Crippen LogP contribution >= 0.6 is 51.2 Å². The first kappa shape index (κ1) is 54.2. The largest absolute Gasteiger partial charge is 0.481 e. The van der Waals surface area contributed by atoms with E-state index in [1.165, 1.54) is 46.4 Å². The number of pyridine rings is 4. The van der Waals surface area contributed by atoms with Crippen molar-refractivity contribution in [2.45, 2.75) is 79.4 Å². The van der Waals surface area contributed by atoms with E-state index in [4.69, 9.17) is 9.84 Å². The molecule has 0 saturated carbocycles. The molecule has 5 aliphatic rings. The second kappa shape index (κ2) is 26.9. The van der Waals surface area contributed by atoms with Crippen LogP contribution in [-0.2, 0) is 64.0 Å². The highest BCUT2D eigenvalue weighted by Crippen LogP contribution is 2.30. The van der Waals surface area contributed by atoms with Crippen molar-refractivity contribution in [2.75, 3.05) is 58.2 Å². The molecule has 0 spiro atoms. The molecular formula is C51H54BrN9O9S3. The number of carbonyl (C=O) groups is 7. The van der Waals surface area contributed by atoms with Gasteiger partial charge in [0.15, 0.2) is 0 Å². The average Bonchev–Trinajstić information content (AvgIpc) is 3.40. The van der Waals surface area contributed by atoms with Gasteiger partial charge >= 0.3 is 11.9 Å². The number of ether oxygens (including phenoxy) is 1. The second-order valence-electron chi connectivity index (χ2n) is 16.6. The number of anilines is 4. The van der Waals surface area contributed by atoms with Crippen LogP contribution in [0.5, 0.6) is 0 Å². The SMILES string of the molecule is CCOC(=O)CSc1cnc2c(c1)CCC(=O)N2.O=C(O)CSc1cnc2c(c1)CCC(=O)N2.O=C1CCc2cc(Br)cnc2N1.O=C1CCc2cc(SCC(=O)N3CC=C(c4ccccc4)CC3)cnc2N1.[HH]. The number of rotatable bonds is 11. The van der Waals surface area contributed by atoms with Crippen LogP contribution in [0.3, 0.4) is 0 Å². The van der Waals surface area contributed by atoms with E-state index in [2.05, 4.69) is 75.3 Å². The minimum Gasteiger partial charge on any atom is -0.481 e. The fourth-order valence-corrected chi connectivity index (χ4v) is 10.3. The molecule has 0 aliphatic carbocycles. The maximum atomic E-state index is 12.5. The Labute approximate surface area is 444 Å². The van der Waals surface area contributed by atoms with Crippen molar-refractivity contribution in [1.29, 1.82) is 0 Å². The summed E-state index contributed by atoms with van der Waals surface area (Å²) in [5.74, 6) is 2.39.